The summed E-state index contributed by atoms with van der Waals surface area (Å²) in [5.41, 5.74) is 3.06. The molecule has 11 heteroatoms. The van der Waals surface area contributed by atoms with Gasteiger partial charge in [-0.15, -0.1) is 0 Å². The van der Waals surface area contributed by atoms with E-state index in [4.69, 9.17) is 0 Å². The molecule has 0 aliphatic carbocycles. The average Bonchev–Trinajstić information content (AvgIpc) is 2.76. The van der Waals surface area contributed by atoms with Gasteiger partial charge in [0.25, 0.3) is 0 Å². The molecular weight excluding hydrogens is 374 g/mol. The molecule has 2 aliphatic heterocycles. The highest BCUT2D eigenvalue weighted by Crippen LogP contribution is 2.33. The molecule has 0 amide bonds. The van der Waals surface area contributed by atoms with E-state index < -0.39 is 4.92 Å². The third-order valence-electron chi connectivity index (χ3n) is 5.31. The van der Waals surface area contributed by atoms with Crippen LogP contribution in [0.5, 0.6) is 0 Å². The highest BCUT2D eigenvalue weighted by atomic mass is 16.6. The maximum Gasteiger partial charge on any atom is 0.354 e. The van der Waals surface area contributed by atoms with Gasteiger partial charge in [-0.3, -0.25) is 15.5 Å². The molecule has 2 saturated heterocycles. The summed E-state index contributed by atoms with van der Waals surface area (Å²) in [5.74, 6) is 1.53. The van der Waals surface area contributed by atoms with Crippen molar-refractivity contribution in [3.8, 4) is 0 Å². The van der Waals surface area contributed by atoms with Crippen molar-refractivity contribution >= 4 is 23.1 Å². The predicted molar refractivity (Wildman–Crippen MR) is 110 cm³/mol. The van der Waals surface area contributed by atoms with E-state index in [-0.39, 0.29) is 11.5 Å². The first-order valence-electron chi connectivity index (χ1n) is 9.72. The number of pyridine rings is 1. The van der Waals surface area contributed by atoms with Crippen molar-refractivity contribution in [3.63, 3.8) is 0 Å². The minimum atomic E-state index is -0.390. The van der Waals surface area contributed by atoms with Crippen LogP contribution in [0.1, 0.15) is 0 Å². The summed E-state index contributed by atoms with van der Waals surface area (Å²) in [4.78, 5) is 30.6. The number of hydrazine groups is 1. The summed E-state index contributed by atoms with van der Waals surface area (Å²) < 4.78 is 0. The van der Waals surface area contributed by atoms with Gasteiger partial charge in [-0.1, -0.05) is 6.07 Å². The normalized spacial score (nSPS) is 18.7. The minimum Gasteiger partial charge on any atom is -0.353 e. The van der Waals surface area contributed by atoms with E-state index in [0.717, 1.165) is 45.1 Å². The van der Waals surface area contributed by atoms with Gasteiger partial charge in [-0.05, 0) is 19.2 Å². The van der Waals surface area contributed by atoms with Crippen LogP contribution in [0.15, 0.2) is 30.7 Å². The first-order chi connectivity index (χ1) is 14.1. The Hall–Kier alpha value is -3.05. The van der Waals surface area contributed by atoms with Crippen molar-refractivity contribution in [2.45, 2.75) is 0 Å². The summed E-state index contributed by atoms with van der Waals surface area (Å²) in [7, 11) is 2.06. The molecule has 0 atom stereocenters. The molecule has 4 rings (SSSR count). The topological polar surface area (TPSA) is 107 Å². The zero-order valence-corrected chi connectivity index (χ0v) is 16.4. The van der Waals surface area contributed by atoms with Crippen LogP contribution in [0.25, 0.3) is 0 Å². The van der Waals surface area contributed by atoms with Crippen LogP contribution < -0.4 is 15.2 Å². The van der Waals surface area contributed by atoms with Crippen LogP contribution >= 0.6 is 0 Å². The van der Waals surface area contributed by atoms with Crippen molar-refractivity contribution in [1.82, 2.24) is 24.9 Å². The van der Waals surface area contributed by atoms with Gasteiger partial charge in [0.1, 0.15) is 12.1 Å². The number of aromatic nitrogens is 3. The van der Waals surface area contributed by atoms with Crippen LogP contribution in [0, 0.1) is 10.1 Å². The molecule has 0 aromatic carbocycles. The molecule has 2 aliphatic rings. The van der Waals surface area contributed by atoms with Crippen molar-refractivity contribution in [2.75, 3.05) is 74.6 Å². The maximum absolute atomic E-state index is 11.9. The van der Waals surface area contributed by atoms with E-state index in [0.29, 0.717) is 18.9 Å². The molecule has 2 aromatic rings. The number of piperazine rings is 2. The van der Waals surface area contributed by atoms with E-state index in [1.54, 1.807) is 6.20 Å². The standard InChI is InChI=1S/C18H25N9O2/c1-23-6-12-26(13-7-23)22-17-16(27(28)29)18(21-14-20-17)25-10-8-24(9-11-25)15-4-2-3-5-19-15/h2-5,14H,6-13H2,1H3,(H,20,21,22). The molecule has 0 saturated carbocycles. The molecule has 0 spiro atoms. The summed E-state index contributed by atoms with van der Waals surface area (Å²) in [6.45, 7) is 6.04. The second kappa shape index (κ2) is 8.53. The molecule has 4 heterocycles. The number of nitrogens with zero attached hydrogens (tertiary/aromatic N) is 8. The van der Waals surface area contributed by atoms with Gasteiger partial charge >= 0.3 is 5.69 Å². The molecular formula is C18H25N9O2. The lowest BCUT2D eigenvalue weighted by Crippen LogP contribution is -2.48. The van der Waals surface area contributed by atoms with Crippen molar-refractivity contribution < 1.29 is 4.92 Å². The molecule has 0 radical (unpaired) electrons. The SMILES string of the molecule is CN1CCN(Nc2ncnc(N3CCN(c4ccccn4)CC3)c2[N+](=O)[O-])CC1. The highest BCUT2D eigenvalue weighted by Gasteiger charge is 2.30. The second-order valence-corrected chi connectivity index (χ2v) is 7.22. The Kier molecular flexibility index (Phi) is 5.67. The molecule has 2 fully saturated rings. The van der Waals surface area contributed by atoms with Crippen molar-refractivity contribution in [1.29, 1.82) is 0 Å². The fourth-order valence-electron chi connectivity index (χ4n) is 3.61. The molecule has 154 valence electrons. The Morgan fingerprint density at radius 2 is 1.69 bits per heavy atom. The quantitative estimate of drug-likeness (QED) is 0.570. The van der Waals surface area contributed by atoms with Gasteiger partial charge in [0.15, 0.2) is 0 Å². The Bertz CT molecular complexity index is 834. The maximum atomic E-state index is 11.9. The molecule has 0 unspecified atom stereocenters. The van der Waals surface area contributed by atoms with Gasteiger partial charge in [0.2, 0.25) is 11.6 Å². The fourth-order valence-corrected chi connectivity index (χ4v) is 3.61. The van der Waals surface area contributed by atoms with E-state index in [1.807, 2.05) is 28.1 Å². The molecule has 11 nitrogen and oxygen atoms in total. The number of nitrogens with one attached hydrogen (secondary N) is 1. The number of rotatable bonds is 5. The zero-order valence-electron chi connectivity index (χ0n) is 16.4. The lowest BCUT2D eigenvalue weighted by molar-refractivity contribution is -0.383. The minimum absolute atomic E-state index is 0.0716. The van der Waals surface area contributed by atoms with Crippen LogP contribution in [0.4, 0.5) is 23.1 Å². The first kappa shape index (κ1) is 19.3. The Balaban J connectivity index is 1.49. The lowest BCUT2D eigenvalue weighted by Gasteiger charge is -2.36. The second-order valence-electron chi connectivity index (χ2n) is 7.22. The van der Waals surface area contributed by atoms with Crippen LogP contribution in [-0.2, 0) is 0 Å². The first-order valence-corrected chi connectivity index (χ1v) is 9.72. The smallest absolute Gasteiger partial charge is 0.353 e. The highest BCUT2D eigenvalue weighted by molar-refractivity contribution is 5.70. The van der Waals surface area contributed by atoms with E-state index in [9.17, 15) is 10.1 Å². The summed E-state index contributed by atoms with van der Waals surface area (Å²) in [6, 6.07) is 5.82. The predicted octanol–water partition coefficient (Wildman–Crippen LogP) is 0.681. The van der Waals surface area contributed by atoms with Gasteiger partial charge in [-0.2, -0.15) is 0 Å². The molecule has 1 N–H and O–H groups in total. The number of hydrogen-bond acceptors (Lipinski definition) is 10. The Labute approximate surface area is 169 Å². The average molecular weight is 399 g/mol. The lowest BCUT2D eigenvalue weighted by atomic mass is 10.3. The molecule has 29 heavy (non-hydrogen) atoms. The largest absolute Gasteiger partial charge is 0.354 e. The van der Waals surface area contributed by atoms with Gasteiger partial charge in [0.05, 0.1) is 4.92 Å². The van der Waals surface area contributed by atoms with E-state index in [2.05, 4.69) is 37.2 Å². The molecule has 0 bridgehead atoms. The van der Waals surface area contributed by atoms with E-state index in [1.165, 1.54) is 6.33 Å². The number of anilines is 3. The van der Waals surface area contributed by atoms with Gasteiger partial charge in [0, 0.05) is 58.6 Å². The van der Waals surface area contributed by atoms with Crippen LogP contribution in [0.3, 0.4) is 0 Å². The van der Waals surface area contributed by atoms with E-state index >= 15 is 0 Å². The fraction of sp³-hybridized carbons (Fsp3) is 0.500. The monoisotopic (exact) mass is 399 g/mol. The van der Waals surface area contributed by atoms with Crippen LogP contribution in [0.2, 0.25) is 0 Å². The summed E-state index contributed by atoms with van der Waals surface area (Å²) in [5, 5.41) is 13.8. The third kappa shape index (κ3) is 4.35. The van der Waals surface area contributed by atoms with Crippen molar-refractivity contribution in [3.05, 3.63) is 40.8 Å². The number of hydrogen-bond donors (Lipinski definition) is 1. The third-order valence-corrected chi connectivity index (χ3v) is 5.31. The molecule has 2 aromatic heterocycles. The van der Waals surface area contributed by atoms with Crippen LogP contribution in [-0.4, -0.2) is 89.2 Å². The Morgan fingerprint density at radius 3 is 2.34 bits per heavy atom. The summed E-state index contributed by atoms with van der Waals surface area (Å²) in [6.07, 6.45) is 3.17. The Morgan fingerprint density at radius 1 is 0.966 bits per heavy atom. The number of likely N-dealkylation sites (N-methyl/N-ethyl adjacent to an activating group) is 1. The van der Waals surface area contributed by atoms with Gasteiger partial charge < -0.3 is 14.7 Å². The summed E-state index contributed by atoms with van der Waals surface area (Å²) >= 11 is 0. The number of nitro groups is 1. The van der Waals surface area contributed by atoms with Crippen molar-refractivity contribution in [2.24, 2.45) is 0 Å². The van der Waals surface area contributed by atoms with Gasteiger partial charge in [-0.25, -0.2) is 20.0 Å². The zero-order chi connectivity index (χ0) is 20.2.